The summed E-state index contributed by atoms with van der Waals surface area (Å²) in [5, 5.41) is 5.09. The minimum absolute atomic E-state index is 0.0755. The van der Waals surface area contributed by atoms with Crippen molar-refractivity contribution in [3.63, 3.8) is 0 Å². The summed E-state index contributed by atoms with van der Waals surface area (Å²) in [6.07, 6.45) is 3.92. The molecule has 0 radical (unpaired) electrons. The summed E-state index contributed by atoms with van der Waals surface area (Å²) in [6.45, 7) is 0. The number of rotatable bonds is 4. The Hall–Kier alpha value is -1.88. The largest absolute Gasteiger partial charge is 0.344 e. The molecule has 0 saturated heterocycles. The maximum Gasteiger partial charge on any atom is 0.252 e. The van der Waals surface area contributed by atoms with Crippen molar-refractivity contribution in [3.8, 4) is 0 Å². The molecule has 2 aromatic rings. The first kappa shape index (κ1) is 13.1. The Labute approximate surface area is 121 Å². The summed E-state index contributed by atoms with van der Waals surface area (Å²) in [4.78, 5) is 25.1. The Morgan fingerprint density at radius 3 is 2.85 bits per heavy atom. The van der Waals surface area contributed by atoms with Gasteiger partial charge in [-0.2, -0.15) is 0 Å². The van der Waals surface area contributed by atoms with E-state index in [0.29, 0.717) is 11.5 Å². The van der Waals surface area contributed by atoms with Gasteiger partial charge in [0.1, 0.15) is 0 Å². The van der Waals surface area contributed by atoms with Crippen molar-refractivity contribution >= 4 is 17.2 Å². The average Bonchev–Trinajstić information content (AvgIpc) is 3.13. The number of pyridine rings is 1. The fourth-order valence-electron chi connectivity index (χ4n) is 2.23. The van der Waals surface area contributed by atoms with Crippen LogP contribution in [0.15, 0.2) is 40.6 Å². The van der Waals surface area contributed by atoms with Crippen molar-refractivity contribution in [3.05, 3.63) is 56.6 Å². The highest BCUT2D eigenvalue weighted by atomic mass is 32.1. The lowest BCUT2D eigenvalue weighted by atomic mass is 10.1. The lowest BCUT2D eigenvalue weighted by Gasteiger charge is -2.17. The third-order valence-electron chi connectivity index (χ3n) is 3.60. The predicted molar refractivity (Wildman–Crippen MR) is 78.9 cm³/mol. The molecule has 1 aliphatic rings. The predicted octanol–water partition coefficient (Wildman–Crippen LogP) is 2.33. The molecule has 1 saturated carbocycles. The van der Waals surface area contributed by atoms with E-state index in [0.717, 1.165) is 12.8 Å². The van der Waals surface area contributed by atoms with Crippen LogP contribution in [-0.2, 0) is 7.05 Å². The lowest BCUT2D eigenvalue weighted by Crippen LogP contribution is -2.30. The number of aryl methyl sites for hydroxylation is 1. The van der Waals surface area contributed by atoms with Gasteiger partial charge in [-0.05, 0) is 36.3 Å². The standard InChI is InChI=1S/C15H16N2O2S/c1-17-7-6-11(9-13(17)18)15(19)16-14(10-4-5-10)12-3-2-8-20-12/h2-3,6-10,14H,4-5H2,1H3,(H,16,19). The summed E-state index contributed by atoms with van der Waals surface area (Å²) in [6, 6.07) is 7.19. The van der Waals surface area contributed by atoms with E-state index in [9.17, 15) is 9.59 Å². The molecule has 0 aliphatic heterocycles. The Kier molecular flexibility index (Phi) is 3.44. The second kappa shape index (κ2) is 5.25. The first-order chi connectivity index (χ1) is 9.65. The van der Waals surface area contributed by atoms with E-state index in [1.165, 1.54) is 15.5 Å². The van der Waals surface area contributed by atoms with Crippen molar-refractivity contribution in [2.24, 2.45) is 13.0 Å². The van der Waals surface area contributed by atoms with Crippen LogP contribution in [0.25, 0.3) is 0 Å². The molecule has 1 amide bonds. The zero-order valence-corrected chi connectivity index (χ0v) is 12.0. The minimum atomic E-state index is -0.173. The van der Waals surface area contributed by atoms with Crippen LogP contribution in [0.2, 0.25) is 0 Å². The number of aromatic nitrogens is 1. The number of hydrogen-bond acceptors (Lipinski definition) is 3. The van der Waals surface area contributed by atoms with E-state index in [2.05, 4.69) is 11.4 Å². The summed E-state index contributed by atoms with van der Waals surface area (Å²) in [7, 11) is 1.67. The highest BCUT2D eigenvalue weighted by molar-refractivity contribution is 7.10. The number of nitrogens with one attached hydrogen (secondary N) is 1. The molecule has 0 aromatic carbocycles. The number of carbonyl (C=O) groups excluding carboxylic acids is 1. The van der Waals surface area contributed by atoms with E-state index in [1.54, 1.807) is 30.6 Å². The summed E-state index contributed by atoms with van der Waals surface area (Å²) >= 11 is 1.66. The number of hydrogen-bond donors (Lipinski definition) is 1. The molecule has 2 aromatic heterocycles. The number of carbonyl (C=O) groups is 1. The Balaban J connectivity index is 1.80. The monoisotopic (exact) mass is 288 g/mol. The van der Waals surface area contributed by atoms with Gasteiger partial charge in [-0.1, -0.05) is 6.07 Å². The SMILES string of the molecule is Cn1ccc(C(=O)NC(c2cccs2)C2CC2)cc1=O. The molecular formula is C15H16N2O2S. The molecule has 3 rings (SSSR count). The molecule has 104 valence electrons. The van der Waals surface area contributed by atoms with Gasteiger partial charge in [-0.25, -0.2) is 0 Å². The van der Waals surface area contributed by atoms with Gasteiger partial charge >= 0.3 is 0 Å². The van der Waals surface area contributed by atoms with E-state index < -0.39 is 0 Å². The normalized spacial score (nSPS) is 15.8. The Morgan fingerprint density at radius 2 is 2.25 bits per heavy atom. The van der Waals surface area contributed by atoms with E-state index >= 15 is 0 Å². The molecule has 1 atom stereocenters. The number of amides is 1. The Bertz CT molecular complexity index is 671. The van der Waals surface area contributed by atoms with Gasteiger partial charge in [0, 0.05) is 29.8 Å². The third-order valence-corrected chi connectivity index (χ3v) is 4.55. The van der Waals surface area contributed by atoms with E-state index in [4.69, 9.17) is 0 Å². The van der Waals surface area contributed by atoms with Gasteiger partial charge in [0.25, 0.3) is 11.5 Å². The van der Waals surface area contributed by atoms with Crippen LogP contribution in [0.1, 0.15) is 34.1 Å². The first-order valence-electron chi connectivity index (χ1n) is 6.66. The van der Waals surface area contributed by atoms with Gasteiger partial charge in [-0.3, -0.25) is 9.59 Å². The molecule has 0 spiro atoms. The summed E-state index contributed by atoms with van der Waals surface area (Å²) in [5.74, 6) is 0.358. The van der Waals surface area contributed by atoms with Crippen LogP contribution in [0.4, 0.5) is 0 Å². The molecule has 20 heavy (non-hydrogen) atoms. The lowest BCUT2D eigenvalue weighted by molar-refractivity contribution is 0.0932. The molecule has 0 bridgehead atoms. The van der Waals surface area contributed by atoms with Crippen LogP contribution < -0.4 is 10.9 Å². The van der Waals surface area contributed by atoms with Gasteiger partial charge in [0.2, 0.25) is 0 Å². The zero-order chi connectivity index (χ0) is 14.1. The van der Waals surface area contributed by atoms with Crippen molar-refractivity contribution in [2.45, 2.75) is 18.9 Å². The summed E-state index contributed by atoms with van der Waals surface area (Å²) < 4.78 is 1.45. The van der Waals surface area contributed by atoms with Crippen molar-refractivity contribution in [1.29, 1.82) is 0 Å². The van der Waals surface area contributed by atoms with Gasteiger partial charge in [-0.15, -0.1) is 11.3 Å². The maximum absolute atomic E-state index is 12.3. The van der Waals surface area contributed by atoms with Gasteiger partial charge < -0.3 is 9.88 Å². The highest BCUT2D eigenvalue weighted by Crippen LogP contribution is 2.42. The fourth-order valence-corrected chi connectivity index (χ4v) is 3.10. The quantitative estimate of drug-likeness (QED) is 0.938. The first-order valence-corrected chi connectivity index (χ1v) is 7.54. The van der Waals surface area contributed by atoms with Gasteiger partial charge in [0.05, 0.1) is 6.04 Å². The smallest absolute Gasteiger partial charge is 0.252 e. The van der Waals surface area contributed by atoms with Crippen molar-refractivity contribution < 1.29 is 4.79 Å². The second-order valence-electron chi connectivity index (χ2n) is 5.17. The molecule has 2 heterocycles. The molecule has 4 nitrogen and oxygen atoms in total. The number of nitrogens with zero attached hydrogens (tertiary/aromatic N) is 1. The van der Waals surface area contributed by atoms with Gasteiger partial charge in [0.15, 0.2) is 0 Å². The van der Waals surface area contributed by atoms with Crippen LogP contribution in [-0.4, -0.2) is 10.5 Å². The minimum Gasteiger partial charge on any atom is -0.344 e. The maximum atomic E-state index is 12.3. The van der Waals surface area contributed by atoms with E-state index in [1.807, 2.05) is 11.4 Å². The molecule has 1 aliphatic carbocycles. The van der Waals surface area contributed by atoms with E-state index in [-0.39, 0.29) is 17.5 Å². The van der Waals surface area contributed by atoms with Crippen molar-refractivity contribution in [2.75, 3.05) is 0 Å². The van der Waals surface area contributed by atoms with Crippen LogP contribution in [0.3, 0.4) is 0 Å². The highest BCUT2D eigenvalue weighted by Gasteiger charge is 2.34. The fraction of sp³-hybridized carbons (Fsp3) is 0.333. The Morgan fingerprint density at radius 1 is 1.45 bits per heavy atom. The average molecular weight is 288 g/mol. The molecular weight excluding hydrogens is 272 g/mol. The molecule has 5 heteroatoms. The third kappa shape index (κ3) is 2.67. The van der Waals surface area contributed by atoms with Crippen LogP contribution in [0, 0.1) is 5.92 Å². The summed E-state index contributed by atoms with van der Waals surface area (Å²) in [5.41, 5.74) is 0.257. The second-order valence-corrected chi connectivity index (χ2v) is 6.15. The molecule has 1 N–H and O–H groups in total. The van der Waals surface area contributed by atoms with Crippen LogP contribution >= 0.6 is 11.3 Å². The topological polar surface area (TPSA) is 51.1 Å². The molecule has 1 fully saturated rings. The van der Waals surface area contributed by atoms with Crippen molar-refractivity contribution in [1.82, 2.24) is 9.88 Å². The van der Waals surface area contributed by atoms with Crippen LogP contribution in [0.5, 0.6) is 0 Å². The number of thiophene rings is 1. The molecule has 1 unspecified atom stereocenters. The zero-order valence-electron chi connectivity index (χ0n) is 11.2.